The van der Waals surface area contributed by atoms with Crippen LogP contribution in [0.5, 0.6) is 5.75 Å². The minimum Gasteiger partial charge on any atom is -0.484 e. The summed E-state index contributed by atoms with van der Waals surface area (Å²) in [7, 11) is -2.11. The number of fused-ring (bicyclic) bond motifs is 1. The Bertz CT molecular complexity index is 1050. The first-order chi connectivity index (χ1) is 13.5. The normalized spacial score (nSPS) is 11.5. The highest BCUT2D eigenvalue weighted by Crippen LogP contribution is 2.22. The Morgan fingerprint density at radius 3 is 2.71 bits per heavy atom. The zero-order chi connectivity index (χ0) is 20.0. The number of nitrogens with one attached hydrogen (secondary N) is 2. The van der Waals surface area contributed by atoms with Gasteiger partial charge in [0.15, 0.2) is 6.61 Å². The van der Waals surface area contributed by atoms with Gasteiger partial charge in [0.2, 0.25) is 10.0 Å². The molecule has 28 heavy (non-hydrogen) atoms. The van der Waals surface area contributed by atoms with Gasteiger partial charge in [-0.3, -0.25) is 4.79 Å². The molecule has 0 saturated carbocycles. The number of benzene rings is 2. The molecule has 1 amide bonds. The second kappa shape index (κ2) is 9.11. The van der Waals surface area contributed by atoms with Crippen molar-refractivity contribution in [2.45, 2.75) is 4.90 Å². The molecule has 0 spiro atoms. The largest absolute Gasteiger partial charge is 0.484 e. The molecule has 8 nitrogen and oxygen atoms in total. The van der Waals surface area contributed by atoms with E-state index in [9.17, 15) is 13.2 Å². The van der Waals surface area contributed by atoms with Crippen LogP contribution in [-0.4, -0.2) is 45.6 Å². The number of sulfonamides is 1. The second-order valence-electron chi connectivity index (χ2n) is 5.78. The van der Waals surface area contributed by atoms with Gasteiger partial charge in [-0.2, -0.15) is 4.37 Å². The Labute approximate surface area is 166 Å². The summed E-state index contributed by atoms with van der Waals surface area (Å²) in [6, 6.07) is 11.4. The average Bonchev–Trinajstić information content (AvgIpc) is 3.15. The van der Waals surface area contributed by atoms with E-state index in [2.05, 4.69) is 14.4 Å². The van der Waals surface area contributed by atoms with E-state index in [-0.39, 0.29) is 30.6 Å². The zero-order valence-corrected chi connectivity index (χ0v) is 16.7. The average molecular weight is 422 g/mol. The molecule has 0 saturated heterocycles. The van der Waals surface area contributed by atoms with E-state index in [1.54, 1.807) is 12.3 Å². The minimum atomic E-state index is -3.60. The number of hydrogen-bond acceptors (Lipinski definition) is 7. The van der Waals surface area contributed by atoms with Crippen LogP contribution in [0.1, 0.15) is 0 Å². The lowest BCUT2D eigenvalue weighted by atomic mass is 10.2. The number of aromatic nitrogens is 1. The monoisotopic (exact) mass is 421 g/mol. The van der Waals surface area contributed by atoms with Gasteiger partial charge < -0.3 is 14.8 Å². The first kappa shape index (κ1) is 20.2. The Morgan fingerprint density at radius 1 is 1.18 bits per heavy atom. The number of amides is 1. The highest BCUT2D eigenvalue weighted by Gasteiger charge is 2.13. The van der Waals surface area contributed by atoms with Crippen molar-refractivity contribution >= 4 is 43.2 Å². The quantitative estimate of drug-likeness (QED) is 0.513. The van der Waals surface area contributed by atoms with Crippen LogP contribution in [0.25, 0.3) is 10.1 Å². The molecule has 0 fully saturated rings. The maximum Gasteiger partial charge on any atom is 0.262 e. The van der Waals surface area contributed by atoms with Crippen LogP contribution in [0.15, 0.2) is 53.6 Å². The molecule has 0 aliphatic heterocycles. The van der Waals surface area contributed by atoms with Crippen molar-refractivity contribution < 1.29 is 22.7 Å². The standard InChI is InChI=1S/C18H19N3O5S2/c1-25-9-8-20-28(23,24)16-5-3-15(4-6-16)26-12-18(22)21-14-2-7-17-13(10-14)11-19-27-17/h2-7,10-11,20H,8-9,12H2,1H3,(H,21,22). The molecule has 1 heterocycles. The number of carbonyl (C=O) groups is 1. The fourth-order valence-electron chi connectivity index (χ4n) is 2.37. The van der Waals surface area contributed by atoms with Crippen LogP contribution in [0.4, 0.5) is 5.69 Å². The smallest absolute Gasteiger partial charge is 0.262 e. The lowest BCUT2D eigenvalue weighted by molar-refractivity contribution is -0.118. The molecule has 0 unspecified atom stereocenters. The van der Waals surface area contributed by atoms with Crippen molar-refractivity contribution in [2.75, 3.05) is 32.2 Å². The molecule has 10 heteroatoms. The van der Waals surface area contributed by atoms with Crippen LogP contribution < -0.4 is 14.8 Å². The summed E-state index contributed by atoms with van der Waals surface area (Å²) in [5.41, 5.74) is 0.657. The van der Waals surface area contributed by atoms with Gasteiger partial charge in [-0.15, -0.1) is 0 Å². The van der Waals surface area contributed by atoms with E-state index < -0.39 is 10.0 Å². The first-order valence-electron chi connectivity index (χ1n) is 8.34. The van der Waals surface area contributed by atoms with Crippen LogP contribution in [0, 0.1) is 0 Å². The number of ether oxygens (including phenoxy) is 2. The maximum absolute atomic E-state index is 12.1. The summed E-state index contributed by atoms with van der Waals surface area (Å²) in [6.45, 7) is 0.272. The SMILES string of the molecule is COCCNS(=O)(=O)c1ccc(OCC(=O)Nc2ccc3sncc3c2)cc1. The van der Waals surface area contributed by atoms with E-state index in [1.807, 2.05) is 12.1 Å². The predicted molar refractivity (Wildman–Crippen MR) is 107 cm³/mol. The molecule has 0 bridgehead atoms. The molecule has 0 aliphatic carbocycles. The third-order valence-electron chi connectivity index (χ3n) is 3.74. The van der Waals surface area contributed by atoms with Crippen molar-refractivity contribution in [3.8, 4) is 5.75 Å². The number of nitrogens with zero attached hydrogens (tertiary/aromatic N) is 1. The Balaban J connectivity index is 1.53. The van der Waals surface area contributed by atoms with E-state index >= 15 is 0 Å². The summed E-state index contributed by atoms with van der Waals surface area (Å²) in [5.74, 6) is 0.0731. The molecule has 2 aromatic carbocycles. The van der Waals surface area contributed by atoms with Gasteiger partial charge in [-0.1, -0.05) is 0 Å². The molecular formula is C18H19N3O5S2. The van der Waals surface area contributed by atoms with Crippen LogP contribution in [-0.2, 0) is 19.6 Å². The molecule has 1 aromatic heterocycles. The van der Waals surface area contributed by atoms with Crippen molar-refractivity contribution in [1.82, 2.24) is 9.10 Å². The van der Waals surface area contributed by atoms with Crippen molar-refractivity contribution in [3.05, 3.63) is 48.7 Å². The van der Waals surface area contributed by atoms with E-state index in [1.165, 1.54) is 42.9 Å². The lowest BCUT2D eigenvalue weighted by Gasteiger charge is -2.09. The van der Waals surface area contributed by atoms with Crippen LogP contribution in [0.2, 0.25) is 0 Å². The van der Waals surface area contributed by atoms with E-state index in [4.69, 9.17) is 9.47 Å². The van der Waals surface area contributed by atoms with Crippen molar-refractivity contribution in [2.24, 2.45) is 0 Å². The van der Waals surface area contributed by atoms with Crippen LogP contribution in [0.3, 0.4) is 0 Å². The molecule has 3 rings (SSSR count). The number of anilines is 1. The summed E-state index contributed by atoms with van der Waals surface area (Å²) < 4.78 is 42.0. The highest BCUT2D eigenvalue weighted by atomic mass is 32.2. The number of carbonyl (C=O) groups excluding carboxylic acids is 1. The van der Waals surface area contributed by atoms with E-state index in [0.717, 1.165) is 10.1 Å². The van der Waals surface area contributed by atoms with Gasteiger partial charge >= 0.3 is 0 Å². The van der Waals surface area contributed by atoms with Gasteiger partial charge in [0.1, 0.15) is 5.75 Å². The molecule has 2 N–H and O–H groups in total. The fourth-order valence-corrected chi connectivity index (χ4v) is 4.01. The lowest BCUT2D eigenvalue weighted by Crippen LogP contribution is -2.27. The Morgan fingerprint density at radius 2 is 1.96 bits per heavy atom. The number of rotatable bonds is 9. The van der Waals surface area contributed by atoms with Gasteiger partial charge in [0, 0.05) is 30.9 Å². The molecule has 0 aliphatic rings. The maximum atomic E-state index is 12.1. The second-order valence-corrected chi connectivity index (χ2v) is 8.38. The van der Waals surface area contributed by atoms with E-state index in [0.29, 0.717) is 11.4 Å². The topological polar surface area (TPSA) is 107 Å². The van der Waals surface area contributed by atoms with Gasteiger partial charge in [-0.25, -0.2) is 13.1 Å². The summed E-state index contributed by atoms with van der Waals surface area (Å²) in [5, 5.41) is 3.71. The van der Waals surface area contributed by atoms with Crippen molar-refractivity contribution in [1.29, 1.82) is 0 Å². The van der Waals surface area contributed by atoms with Gasteiger partial charge in [0.05, 0.1) is 16.2 Å². The number of hydrogen-bond donors (Lipinski definition) is 2. The number of methoxy groups -OCH3 is 1. The molecule has 148 valence electrons. The first-order valence-corrected chi connectivity index (χ1v) is 10.6. The third kappa shape index (κ3) is 5.26. The summed E-state index contributed by atoms with van der Waals surface area (Å²) in [4.78, 5) is 12.2. The fraction of sp³-hybridized carbons (Fsp3) is 0.222. The van der Waals surface area contributed by atoms with Gasteiger partial charge in [0.25, 0.3) is 5.91 Å². The third-order valence-corrected chi connectivity index (χ3v) is 5.99. The highest BCUT2D eigenvalue weighted by molar-refractivity contribution is 7.89. The van der Waals surface area contributed by atoms with Crippen molar-refractivity contribution in [3.63, 3.8) is 0 Å². The molecule has 0 radical (unpaired) electrons. The van der Waals surface area contributed by atoms with Crippen LogP contribution >= 0.6 is 11.5 Å². The Hall–Kier alpha value is -2.53. The minimum absolute atomic E-state index is 0.109. The molecule has 0 atom stereocenters. The summed E-state index contributed by atoms with van der Waals surface area (Å²) in [6.07, 6.45) is 1.74. The Kier molecular flexibility index (Phi) is 6.57. The molecular weight excluding hydrogens is 402 g/mol. The predicted octanol–water partition coefficient (Wildman–Crippen LogP) is 2.24. The zero-order valence-electron chi connectivity index (χ0n) is 15.0. The summed E-state index contributed by atoms with van der Waals surface area (Å²) >= 11 is 1.39. The van der Waals surface area contributed by atoms with Gasteiger partial charge in [-0.05, 0) is 54.0 Å². The molecule has 3 aromatic rings.